The third-order valence-electron chi connectivity index (χ3n) is 4.42. The minimum Gasteiger partial charge on any atom is -0.351 e. The summed E-state index contributed by atoms with van der Waals surface area (Å²) in [6.07, 6.45) is 2.46. The van der Waals surface area contributed by atoms with Crippen molar-refractivity contribution < 1.29 is 9.59 Å². The van der Waals surface area contributed by atoms with Crippen LogP contribution >= 0.6 is 0 Å². The number of hydrogen-bond donors (Lipinski definition) is 1. The van der Waals surface area contributed by atoms with Crippen LogP contribution in [0, 0.1) is 6.92 Å². The van der Waals surface area contributed by atoms with Gasteiger partial charge in [-0.05, 0) is 30.7 Å². The lowest BCUT2D eigenvalue weighted by molar-refractivity contribution is 0.0669. The molecule has 0 spiro atoms. The first kappa shape index (κ1) is 16.9. The number of rotatable bonds is 3. The van der Waals surface area contributed by atoms with Crippen LogP contribution in [0.2, 0.25) is 0 Å². The predicted molar refractivity (Wildman–Crippen MR) is 92.5 cm³/mol. The first-order valence-corrected chi connectivity index (χ1v) is 8.34. The molecule has 0 atom stereocenters. The molecule has 8 heteroatoms. The lowest BCUT2D eigenvalue weighted by Gasteiger charge is -2.33. The number of carbonyl (C=O) groups excluding carboxylic acids is 2. The molecule has 2 N–H and O–H groups in total. The summed E-state index contributed by atoms with van der Waals surface area (Å²) in [5.74, 6) is 0.749. The maximum absolute atomic E-state index is 12.7. The fourth-order valence-corrected chi connectivity index (χ4v) is 2.93. The summed E-state index contributed by atoms with van der Waals surface area (Å²) in [6, 6.07) is 5.12. The largest absolute Gasteiger partial charge is 0.351 e. The van der Waals surface area contributed by atoms with Gasteiger partial charge in [0.15, 0.2) is 5.82 Å². The Morgan fingerprint density at radius 3 is 2.40 bits per heavy atom. The van der Waals surface area contributed by atoms with E-state index in [1.54, 1.807) is 26.9 Å². The maximum Gasteiger partial charge on any atom is 0.314 e. The van der Waals surface area contributed by atoms with E-state index in [-0.39, 0.29) is 5.91 Å². The van der Waals surface area contributed by atoms with E-state index in [0.29, 0.717) is 31.7 Å². The van der Waals surface area contributed by atoms with Gasteiger partial charge in [-0.2, -0.15) is 5.10 Å². The number of nitrogens with zero attached hydrogens (tertiary/aromatic N) is 5. The monoisotopic (exact) mass is 342 g/mol. The topological polar surface area (TPSA) is 97.4 Å². The van der Waals surface area contributed by atoms with Gasteiger partial charge in [0.1, 0.15) is 6.33 Å². The molecule has 1 saturated heterocycles. The van der Waals surface area contributed by atoms with Gasteiger partial charge in [-0.1, -0.05) is 6.92 Å². The number of hydrogen-bond acceptors (Lipinski definition) is 4. The number of carbonyl (C=O) groups is 2. The van der Waals surface area contributed by atoms with Crippen molar-refractivity contribution in [2.45, 2.75) is 20.3 Å². The van der Waals surface area contributed by atoms with Crippen LogP contribution in [0.3, 0.4) is 0 Å². The predicted octanol–water partition coefficient (Wildman–Crippen LogP) is 0.975. The first-order chi connectivity index (χ1) is 12.0. The molecule has 132 valence electrons. The van der Waals surface area contributed by atoms with Crippen LogP contribution in [0.4, 0.5) is 4.79 Å². The maximum atomic E-state index is 12.7. The fraction of sp³-hybridized carbons (Fsp3) is 0.412. The quantitative estimate of drug-likeness (QED) is 0.899. The highest BCUT2D eigenvalue weighted by atomic mass is 16.2. The van der Waals surface area contributed by atoms with E-state index in [9.17, 15) is 9.59 Å². The molecule has 0 saturated carbocycles. The zero-order valence-electron chi connectivity index (χ0n) is 14.5. The number of piperazine rings is 1. The molecule has 0 aliphatic carbocycles. The molecule has 1 fully saturated rings. The molecule has 0 bridgehead atoms. The minimum atomic E-state index is -0.438. The smallest absolute Gasteiger partial charge is 0.314 e. The molecule has 8 nitrogen and oxygen atoms in total. The molecular weight excluding hydrogens is 320 g/mol. The highest BCUT2D eigenvalue weighted by Crippen LogP contribution is 2.17. The Labute approximate surface area is 146 Å². The molecule has 25 heavy (non-hydrogen) atoms. The molecule has 3 amide bonds. The van der Waals surface area contributed by atoms with Gasteiger partial charge in [0.25, 0.3) is 5.91 Å². The summed E-state index contributed by atoms with van der Waals surface area (Å²) in [5, 5.41) is 4.41. The summed E-state index contributed by atoms with van der Waals surface area (Å²) in [4.78, 5) is 31.4. The number of aromatic nitrogens is 3. The van der Waals surface area contributed by atoms with Crippen molar-refractivity contribution in [1.82, 2.24) is 24.6 Å². The number of nitrogens with two attached hydrogens (primary N) is 1. The van der Waals surface area contributed by atoms with Gasteiger partial charge in [0, 0.05) is 38.2 Å². The summed E-state index contributed by atoms with van der Waals surface area (Å²) in [6.45, 7) is 5.88. The zero-order valence-corrected chi connectivity index (χ0v) is 14.5. The van der Waals surface area contributed by atoms with Gasteiger partial charge in [-0.15, -0.1) is 0 Å². The van der Waals surface area contributed by atoms with Crippen molar-refractivity contribution in [3.05, 3.63) is 41.5 Å². The Hall–Kier alpha value is -2.90. The third kappa shape index (κ3) is 3.47. The molecule has 0 radical (unpaired) electrons. The molecule has 1 aliphatic heterocycles. The molecule has 2 aromatic rings. The van der Waals surface area contributed by atoms with Crippen molar-refractivity contribution in [3.8, 4) is 5.69 Å². The summed E-state index contributed by atoms with van der Waals surface area (Å²) in [5.41, 5.74) is 7.76. The lowest BCUT2D eigenvalue weighted by atomic mass is 10.1. The van der Waals surface area contributed by atoms with Crippen LogP contribution in [-0.2, 0) is 6.42 Å². The van der Waals surface area contributed by atoms with Crippen LogP contribution in [0.15, 0.2) is 24.5 Å². The van der Waals surface area contributed by atoms with E-state index in [2.05, 4.69) is 10.1 Å². The van der Waals surface area contributed by atoms with Gasteiger partial charge >= 0.3 is 6.03 Å². The Kier molecular flexibility index (Phi) is 4.69. The normalized spacial score (nSPS) is 14.6. The standard InChI is InChI=1S/C17H22N6O2/c1-3-15-19-11-23(20-15)14-5-4-13(10-12(14)2)16(24)21-6-8-22(9-7-21)17(18)25/h4-5,10-11H,3,6-9H2,1-2H3,(H2,18,25). The van der Waals surface area contributed by atoms with E-state index in [4.69, 9.17) is 5.73 Å². The molecule has 3 rings (SSSR count). The number of benzene rings is 1. The average molecular weight is 342 g/mol. The number of urea groups is 1. The van der Waals surface area contributed by atoms with Crippen LogP contribution in [0.1, 0.15) is 28.7 Å². The lowest BCUT2D eigenvalue weighted by Crippen LogP contribution is -2.52. The van der Waals surface area contributed by atoms with E-state index in [1.165, 1.54) is 0 Å². The van der Waals surface area contributed by atoms with Crippen LogP contribution in [0.5, 0.6) is 0 Å². The molecule has 1 aromatic heterocycles. The van der Waals surface area contributed by atoms with E-state index in [0.717, 1.165) is 23.5 Å². The van der Waals surface area contributed by atoms with Gasteiger partial charge in [-0.3, -0.25) is 4.79 Å². The number of aryl methyl sites for hydroxylation is 2. The van der Waals surface area contributed by atoms with Crippen molar-refractivity contribution in [1.29, 1.82) is 0 Å². The summed E-state index contributed by atoms with van der Waals surface area (Å²) < 4.78 is 1.73. The minimum absolute atomic E-state index is 0.0355. The highest BCUT2D eigenvalue weighted by Gasteiger charge is 2.24. The molecule has 1 aliphatic rings. The van der Waals surface area contributed by atoms with Crippen molar-refractivity contribution >= 4 is 11.9 Å². The Bertz CT molecular complexity index is 792. The van der Waals surface area contributed by atoms with Gasteiger partial charge in [0.2, 0.25) is 0 Å². The highest BCUT2D eigenvalue weighted by molar-refractivity contribution is 5.95. The van der Waals surface area contributed by atoms with E-state index < -0.39 is 6.03 Å². The van der Waals surface area contributed by atoms with Crippen molar-refractivity contribution in [3.63, 3.8) is 0 Å². The Morgan fingerprint density at radius 2 is 1.84 bits per heavy atom. The van der Waals surface area contributed by atoms with Crippen LogP contribution in [-0.4, -0.2) is 62.7 Å². The zero-order chi connectivity index (χ0) is 18.0. The Morgan fingerprint density at radius 1 is 1.16 bits per heavy atom. The molecular formula is C17H22N6O2. The second-order valence-electron chi connectivity index (χ2n) is 6.08. The SMILES string of the molecule is CCc1ncn(-c2ccc(C(=O)N3CCN(C(N)=O)CC3)cc2C)n1. The average Bonchev–Trinajstić information content (AvgIpc) is 3.10. The van der Waals surface area contributed by atoms with E-state index >= 15 is 0 Å². The second kappa shape index (κ2) is 6.92. The summed E-state index contributed by atoms with van der Waals surface area (Å²) in [7, 11) is 0. The number of primary amides is 1. The van der Waals surface area contributed by atoms with Gasteiger partial charge in [0.05, 0.1) is 5.69 Å². The third-order valence-corrected chi connectivity index (χ3v) is 4.42. The molecule has 0 unspecified atom stereocenters. The Balaban J connectivity index is 1.74. The van der Waals surface area contributed by atoms with Gasteiger partial charge in [-0.25, -0.2) is 14.5 Å². The first-order valence-electron chi connectivity index (χ1n) is 8.34. The summed E-state index contributed by atoms with van der Waals surface area (Å²) >= 11 is 0. The van der Waals surface area contributed by atoms with Crippen molar-refractivity contribution in [2.24, 2.45) is 5.73 Å². The van der Waals surface area contributed by atoms with Crippen LogP contribution < -0.4 is 5.73 Å². The van der Waals surface area contributed by atoms with Gasteiger partial charge < -0.3 is 15.5 Å². The number of amides is 3. The van der Waals surface area contributed by atoms with Crippen molar-refractivity contribution in [2.75, 3.05) is 26.2 Å². The second-order valence-corrected chi connectivity index (χ2v) is 6.08. The molecule has 1 aromatic carbocycles. The van der Waals surface area contributed by atoms with Crippen LogP contribution in [0.25, 0.3) is 5.69 Å². The fourth-order valence-electron chi connectivity index (χ4n) is 2.93. The molecule has 2 heterocycles. The van der Waals surface area contributed by atoms with E-state index in [1.807, 2.05) is 26.0 Å².